The number of hydrogen-bond acceptors (Lipinski definition) is 2. The zero-order chi connectivity index (χ0) is 13.3. The molecule has 3 nitrogen and oxygen atoms in total. The van der Waals surface area contributed by atoms with E-state index in [0.29, 0.717) is 26.9 Å². The van der Waals surface area contributed by atoms with Crippen LogP contribution in [0.2, 0.25) is 10.0 Å². The molecule has 0 fully saturated rings. The summed E-state index contributed by atoms with van der Waals surface area (Å²) in [5.41, 5.74) is 1.38. The molecule has 2 rings (SSSR count). The number of hydrogen-bond donors (Lipinski definition) is 0. The van der Waals surface area contributed by atoms with Gasteiger partial charge in [0.2, 0.25) is 0 Å². The highest BCUT2D eigenvalue weighted by atomic mass is 79.9. The Morgan fingerprint density at radius 3 is 2.78 bits per heavy atom. The highest BCUT2D eigenvalue weighted by Gasteiger charge is 2.13. The minimum Gasteiger partial charge on any atom is -0.321 e. The molecule has 0 saturated carbocycles. The van der Waals surface area contributed by atoms with Gasteiger partial charge in [0.05, 0.1) is 6.54 Å². The Kier molecular flexibility index (Phi) is 4.10. The Morgan fingerprint density at radius 1 is 1.44 bits per heavy atom. The molecular weight excluding hydrogens is 339 g/mol. The van der Waals surface area contributed by atoms with Gasteiger partial charge in [0, 0.05) is 10.0 Å². The third-order valence-corrected chi connectivity index (χ3v) is 3.78. The fraction of sp³-hybridized carbons (Fsp3) is 0.167. The average molecular weight is 348 g/mol. The van der Waals surface area contributed by atoms with Crippen LogP contribution in [0.5, 0.6) is 0 Å². The van der Waals surface area contributed by atoms with E-state index in [1.807, 2.05) is 13.0 Å². The van der Waals surface area contributed by atoms with Crippen molar-refractivity contribution in [3.63, 3.8) is 0 Å². The minimum absolute atomic E-state index is 0.481. The Labute approximate surface area is 123 Å². The van der Waals surface area contributed by atoms with Crippen molar-refractivity contribution in [1.29, 1.82) is 0 Å². The maximum absolute atomic E-state index is 11.0. The third kappa shape index (κ3) is 2.60. The van der Waals surface area contributed by atoms with Gasteiger partial charge in [0.1, 0.15) is 16.1 Å². The van der Waals surface area contributed by atoms with Crippen LogP contribution in [0.4, 0.5) is 0 Å². The summed E-state index contributed by atoms with van der Waals surface area (Å²) in [6, 6.07) is 5.29. The summed E-state index contributed by atoms with van der Waals surface area (Å²) in [7, 11) is 0. The van der Waals surface area contributed by atoms with Crippen LogP contribution < -0.4 is 0 Å². The van der Waals surface area contributed by atoms with E-state index in [9.17, 15) is 4.79 Å². The Balaban J connectivity index is 2.42. The molecule has 0 aliphatic heterocycles. The molecule has 18 heavy (non-hydrogen) atoms. The van der Waals surface area contributed by atoms with Gasteiger partial charge in [-0.15, -0.1) is 0 Å². The lowest BCUT2D eigenvalue weighted by Gasteiger charge is -2.09. The summed E-state index contributed by atoms with van der Waals surface area (Å²) in [6.07, 6.45) is 0.772. The SMILES string of the molecule is Cc1nc(Br)c(C=O)n1Cc1ccc(Cl)cc1Cl. The molecule has 0 spiro atoms. The van der Waals surface area contributed by atoms with Crippen LogP contribution in [0.15, 0.2) is 22.8 Å². The van der Waals surface area contributed by atoms with E-state index in [1.54, 1.807) is 16.7 Å². The van der Waals surface area contributed by atoms with E-state index in [0.717, 1.165) is 17.7 Å². The summed E-state index contributed by atoms with van der Waals surface area (Å²) < 4.78 is 2.34. The van der Waals surface area contributed by atoms with Gasteiger partial charge in [-0.25, -0.2) is 4.98 Å². The highest BCUT2D eigenvalue weighted by molar-refractivity contribution is 9.10. The summed E-state index contributed by atoms with van der Waals surface area (Å²) in [5.74, 6) is 0.745. The van der Waals surface area contributed by atoms with Crippen LogP contribution in [0.1, 0.15) is 21.9 Å². The van der Waals surface area contributed by atoms with Crippen molar-refractivity contribution in [2.75, 3.05) is 0 Å². The maximum atomic E-state index is 11.0. The topological polar surface area (TPSA) is 34.9 Å². The largest absolute Gasteiger partial charge is 0.321 e. The number of carbonyl (C=O) groups excluding carboxylic acids is 1. The van der Waals surface area contributed by atoms with Crippen molar-refractivity contribution in [1.82, 2.24) is 9.55 Å². The molecule has 0 atom stereocenters. The van der Waals surface area contributed by atoms with Crippen LogP contribution in [0, 0.1) is 6.92 Å². The van der Waals surface area contributed by atoms with Gasteiger partial charge >= 0.3 is 0 Å². The number of aryl methyl sites for hydroxylation is 1. The van der Waals surface area contributed by atoms with Crippen LogP contribution >= 0.6 is 39.1 Å². The minimum atomic E-state index is 0.481. The maximum Gasteiger partial charge on any atom is 0.169 e. The van der Waals surface area contributed by atoms with Crippen LogP contribution in [-0.4, -0.2) is 15.8 Å². The monoisotopic (exact) mass is 346 g/mol. The lowest BCUT2D eigenvalue weighted by molar-refractivity contribution is 0.111. The Hall–Kier alpha value is -0.840. The first-order valence-corrected chi connectivity index (χ1v) is 6.69. The quantitative estimate of drug-likeness (QED) is 0.783. The van der Waals surface area contributed by atoms with Crippen molar-refractivity contribution in [3.8, 4) is 0 Å². The van der Waals surface area contributed by atoms with Gasteiger partial charge in [0.15, 0.2) is 6.29 Å². The van der Waals surface area contributed by atoms with E-state index in [2.05, 4.69) is 20.9 Å². The van der Waals surface area contributed by atoms with Gasteiger partial charge in [-0.3, -0.25) is 4.79 Å². The smallest absolute Gasteiger partial charge is 0.169 e. The summed E-state index contributed by atoms with van der Waals surface area (Å²) >= 11 is 15.2. The average Bonchev–Trinajstić information content (AvgIpc) is 2.57. The normalized spacial score (nSPS) is 10.7. The number of aldehydes is 1. The number of nitrogens with zero attached hydrogens (tertiary/aromatic N) is 2. The number of imidazole rings is 1. The first kappa shape index (κ1) is 13.6. The van der Waals surface area contributed by atoms with E-state index in [1.165, 1.54) is 0 Å². The number of halogens is 3. The standard InChI is InChI=1S/C12H9BrCl2N2O/c1-7-16-12(13)11(6-18)17(7)5-8-2-3-9(14)4-10(8)15/h2-4,6H,5H2,1H3. The fourth-order valence-corrected chi connectivity index (χ4v) is 2.71. The molecule has 1 aromatic heterocycles. The van der Waals surface area contributed by atoms with Gasteiger partial charge in [-0.1, -0.05) is 29.3 Å². The number of rotatable bonds is 3. The number of aromatic nitrogens is 2. The molecule has 1 heterocycles. The van der Waals surface area contributed by atoms with E-state index >= 15 is 0 Å². The Bertz CT molecular complexity index is 610. The first-order chi connectivity index (χ1) is 8.52. The lowest BCUT2D eigenvalue weighted by Crippen LogP contribution is -2.06. The zero-order valence-electron chi connectivity index (χ0n) is 9.45. The molecule has 6 heteroatoms. The van der Waals surface area contributed by atoms with Crippen LogP contribution in [-0.2, 0) is 6.54 Å². The molecule has 2 aromatic rings. The number of benzene rings is 1. The van der Waals surface area contributed by atoms with Gasteiger partial charge < -0.3 is 4.57 Å². The summed E-state index contributed by atoms with van der Waals surface area (Å²) in [5, 5.41) is 1.16. The molecule has 0 radical (unpaired) electrons. The molecule has 0 saturated heterocycles. The summed E-state index contributed by atoms with van der Waals surface area (Å²) in [6.45, 7) is 2.32. The Morgan fingerprint density at radius 2 is 2.17 bits per heavy atom. The predicted octanol–water partition coefficient (Wildman–Crippen LogP) is 4.12. The van der Waals surface area contributed by atoms with Gasteiger partial charge in [0.25, 0.3) is 0 Å². The number of carbonyl (C=O) groups is 1. The second-order valence-corrected chi connectivity index (χ2v) is 5.37. The predicted molar refractivity (Wildman–Crippen MR) is 75.6 cm³/mol. The molecule has 1 aromatic carbocycles. The van der Waals surface area contributed by atoms with Crippen LogP contribution in [0.3, 0.4) is 0 Å². The fourth-order valence-electron chi connectivity index (χ4n) is 1.68. The first-order valence-electron chi connectivity index (χ1n) is 5.14. The second-order valence-electron chi connectivity index (χ2n) is 3.77. The van der Waals surface area contributed by atoms with Crippen molar-refractivity contribution in [3.05, 3.63) is 49.9 Å². The molecule has 94 valence electrons. The lowest BCUT2D eigenvalue weighted by atomic mass is 10.2. The molecular formula is C12H9BrCl2N2O. The van der Waals surface area contributed by atoms with E-state index < -0.39 is 0 Å². The second kappa shape index (κ2) is 5.43. The van der Waals surface area contributed by atoms with Crippen molar-refractivity contribution >= 4 is 45.4 Å². The van der Waals surface area contributed by atoms with E-state index in [-0.39, 0.29) is 0 Å². The molecule has 0 N–H and O–H groups in total. The van der Waals surface area contributed by atoms with Crippen molar-refractivity contribution in [2.45, 2.75) is 13.5 Å². The van der Waals surface area contributed by atoms with Gasteiger partial charge in [-0.05, 0) is 40.5 Å². The zero-order valence-corrected chi connectivity index (χ0v) is 12.6. The molecule has 0 unspecified atom stereocenters. The molecule has 0 aliphatic carbocycles. The highest BCUT2D eigenvalue weighted by Crippen LogP contribution is 2.24. The van der Waals surface area contributed by atoms with E-state index in [4.69, 9.17) is 23.2 Å². The van der Waals surface area contributed by atoms with Gasteiger partial charge in [-0.2, -0.15) is 0 Å². The molecule has 0 bridgehead atoms. The van der Waals surface area contributed by atoms with Crippen molar-refractivity contribution < 1.29 is 4.79 Å². The van der Waals surface area contributed by atoms with Crippen LogP contribution in [0.25, 0.3) is 0 Å². The van der Waals surface area contributed by atoms with Crippen molar-refractivity contribution in [2.24, 2.45) is 0 Å². The third-order valence-electron chi connectivity index (χ3n) is 2.61. The molecule has 0 amide bonds. The summed E-state index contributed by atoms with van der Waals surface area (Å²) in [4.78, 5) is 15.3. The molecule has 0 aliphatic rings.